The molecule has 1 heterocycles. The fourth-order valence-corrected chi connectivity index (χ4v) is 3.14. The van der Waals surface area contributed by atoms with E-state index in [1.54, 1.807) is 6.07 Å². The first-order chi connectivity index (χ1) is 8.84. The van der Waals surface area contributed by atoms with Gasteiger partial charge in [-0.1, -0.05) is 81.2 Å². The first-order valence-corrected chi connectivity index (χ1v) is 7.32. The van der Waals surface area contributed by atoms with Crippen molar-refractivity contribution in [1.82, 2.24) is 4.98 Å². The van der Waals surface area contributed by atoms with Crippen molar-refractivity contribution in [3.8, 4) is 11.1 Å². The Morgan fingerprint density at radius 2 is 1.16 bits per heavy atom. The zero-order valence-corrected chi connectivity index (χ0v) is 14.0. The molecule has 0 fully saturated rings. The summed E-state index contributed by atoms with van der Waals surface area (Å²) in [6.45, 7) is 0. The molecule has 0 bridgehead atoms. The molecule has 0 saturated heterocycles. The highest BCUT2D eigenvalue weighted by Gasteiger charge is 2.22. The number of nitrogens with zero attached hydrogens (tertiary/aromatic N) is 1. The monoisotopic (exact) mass is 393 g/mol. The van der Waals surface area contributed by atoms with Crippen molar-refractivity contribution in [1.29, 1.82) is 0 Å². The van der Waals surface area contributed by atoms with Crippen LogP contribution in [0, 0.1) is 0 Å². The zero-order chi connectivity index (χ0) is 14.3. The summed E-state index contributed by atoms with van der Waals surface area (Å²) in [5.74, 6) is 0. The van der Waals surface area contributed by atoms with Crippen LogP contribution in [-0.4, -0.2) is 4.98 Å². The van der Waals surface area contributed by atoms with Crippen LogP contribution in [0.4, 0.5) is 0 Å². The molecule has 1 aromatic carbocycles. The summed E-state index contributed by atoms with van der Waals surface area (Å²) in [7, 11) is 0. The van der Waals surface area contributed by atoms with Crippen LogP contribution in [0.25, 0.3) is 11.1 Å². The molecule has 8 heteroatoms. The predicted octanol–water partition coefficient (Wildman–Crippen LogP) is 7.32. The van der Waals surface area contributed by atoms with E-state index in [4.69, 9.17) is 81.2 Å². The number of rotatable bonds is 1. The number of aromatic nitrogens is 1. The summed E-state index contributed by atoms with van der Waals surface area (Å²) in [5.41, 5.74) is 0.757. The summed E-state index contributed by atoms with van der Waals surface area (Å²) < 4.78 is 0. The molecular weight excluding hydrogens is 394 g/mol. The Morgan fingerprint density at radius 3 is 1.68 bits per heavy atom. The van der Waals surface area contributed by atoms with Crippen LogP contribution in [0.1, 0.15) is 0 Å². The minimum atomic E-state index is 0.0770. The van der Waals surface area contributed by atoms with E-state index in [1.807, 2.05) is 0 Å². The molecule has 0 spiro atoms. The SMILES string of the molecule is Clc1cnc(Cl)c(-c2c(Cl)c(Cl)c(Cl)c(Cl)c2Cl)c1. The molecule has 0 aliphatic heterocycles. The highest BCUT2D eigenvalue weighted by molar-refractivity contribution is 6.56. The van der Waals surface area contributed by atoms with Crippen LogP contribution in [0.5, 0.6) is 0 Å². The quantitative estimate of drug-likeness (QED) is 0.280. The molecule has 0 atom stereocenters. The van der Waals surface area contributed by atoms with Gasteiger partial charge >= 0.3 is 0 Å². The van der Waals surface area contributed by atoms with Gasteiger partial charge in [-0.3, -0.25) is 0 Å². The van der Waals surface area contributed by atoms with Crippen LogP contribution < -0.4 is 0 Å². The Bertz CT molecular complexity index is 640. The van der Waals surface area contributed by atoms with Gasteiger partial charge in [-0.15, -0.1) is 0 Å². The molecule has 1 aromatic heterocycles. The van der Waals surface area contributed by atoms with Gasteiger partial charge in [0.2, 0.25) is 0 Å². The van der Waals surface area contributed by atoms with E-state index >= 15 is 0 Å². The maximum absolute atomic E-state index is 6.15. The second kappa shape index (κ2) is 6.03. The maximum atomic E-state index is 6.15. The molecule has 2 rings (SSSR count). The molecule has 0 aliphatic rings. The third-order valence-corrected chi connectivity index (χ3v) is 5.07. The Balaban J connectivity index is 2.87. The van der Waals surface area contributed by atoms with Crippen molar-refractivity contribution < 1.29 is 0 Å². The maximum Gasteiger partial charge on any atom is 0.137 e. The highest BCUT2D eigenvalue weighted by Crippen LogP contribution is 2.49. The van der Waals surface area contributed by atoms with Crippen molar-refractivity contribution in [2.24, 2.45) is 0 Å². The molecule has 19 heavy (non-hydrogen) atoms. The van der Waals surface area contributed by atoms with Gasteiger partial charge in [-0.25, -0.2) is 4.98 Å². The van der Waals surface area contributed by atoms with Crippen molar-refractivity contribution in [2.45, 2.75) is 0 Å². The van der Waals surface area contributed by atoms with Crippen molar-refractivity contribution in [2.75, 3.05) is 0 Å². The number of benzene rings is 1. The van der Waals surface area contributed by atoms with E-state index in [0.717, 1.165) is 0 Å². The van der Waals surface area contributed by atoms with Gasteiger partial charge in [0.05, 0.1) is 30.1 Å². The first-order valence-electron chi connectivity index (χ1n) is 4.67. The summed E-state index contributed by atoms with van der Waals surface area (Å²) in [6, 6.07) is 1.56. The van der Waals surface area contributed by atoms with Gasteiger partial charge in [-0.05, 0) is 6.07 Å². The molecule has 0 aliphatic carbocycles. The van der Waals surface area contributed by atoms with Crippen LogP contribution in [-0.2, 0) is 0 Å². The molecule has 0 N–H and O–H groups in total. The largest absolute Gasteiger partial charge is 0.242 e. The number of hydrogen-bond acceptors (Lipinski definition) is 1. The van der Waals surface area contributed by atoms with Crippen LogP contribution in [0.2, 0.25) is 35.3 Å². The third kappa shape index (κ3) is 2.89. The molecule has 100 valence electrons. The molecule has 0 amide bonds. The second-order valence-corrected chi connectivity index (χ2v) is 6.12. The van der Waals surface area contributed by atoms with Gasteiger partial charge in [-0.2, -0.15) is 0 Å². The van der Waals surface area contributed by atoms with E-state index < -0.39 is 0 Å². The summed E-state index contributed by atoms with van der Waals surface area (Å²) in [4.78, 5) is 3.92. The van der Waals surface area contributed by atoms with Gasteiger partial charge in [0, 0.05) is 17.3 Å². The summed E-state index contributed by atoms with van der Waals surface area (Å²) in [5, 5.41) is 1.05. The van der Waals surface area contributed by atoms with E-state index in [-0.39, 0.29) is 30.3 Å². The first kappa shape index (κ1) is 15.8. The molecule has 0 saturated carbocycles. The molecule has 1 nitrogen and oxygen atoms in total. The number of hydrogen-bond donors (Lipinski definition) is 0. The molecule has 0 unspecified atom stereocenters. The Kier molecular flexibility index (Phi) is 5.01. The zero-order valence-electron chi connectivity index (χ0n) is 8.75. The average molecular weight is 396 g/mol. The smallest absolute Gasteiger partial charge is 0.137 e. The standard InChI is InChI=1S/C11H2Cl7N/c12-3-1-4(11(18)19-2-3)5-6(13)8(15)10(17)9(16)7(5)14/h1-2H. The second-order valence-electron chi connectivity index (χ2n) is 3.44. The highest BCUT2D eigenvalue weighted by atomic mass is 35.5. The van der Waals surface area contributed by atoms with Gasteiger partial charge in [0.1, 0.15) is 5.15 Å². The fraction of sp³-hybridized carbons (Fsp3) is 0. The minimum Gasteiger partial charge on any atom is -0.242 e. The van der Waals surface area contributed by atoms with E-state index in [2.05, 4.69) is 4.98 Å². The lowest BCUT2D eigenvalue weighted by molar-refractivity contribution is 1.33. The Hall–Kier alpha value is 0.400. The number of pyridine rings is 1. The molecular formula is C11H2Cl7N. The van der Waals surface area contributed by atoms with Crippen molar-refractivity contribution in [3.63, 3.8) is 0 Å². The molecule has 2 aromatic rings. The normalized spacial score (nSPS) is 10.9. The van der Waals surface area contributed by atoms with Gasteiger partial charge in [0.25, 0.3) is 0 Å². The Labute approximate surface area is 144 Å². The van der Waals surface area contributed by atoms with E-state index in [9.17, 15) is 0 Å². The number of halogens is 7. The van der Waals surface area contributed by atoms with Crippen molar-refractivity contribution >= 4 is 81.2 Å². The van der Waals surface area contributed by atoms with Gasteiger partial charge < -0.3 is 0 Å². The fourth-order valence-electron chi connectivity index (χ4n) is 1.44. The molecule has 0 radical (unpaired) electrons. The van der Waals surface area contributed by atoms with E-state index in [0.29, 0.717) is 16.1 Å². The minimum absolute atomic E-state index is 0.0770. The average Bonchev–Trinajstić information content (AvgIpc) is 2.38. The van der Waals surface area contributed by atoms with Crippen molar-refractivity contribution in [3.05, 3.63) is 47.6 Å². The Morgan fingerprint density at radius 1 is 0.684 bits per heavy atom. The topological polar surface area (TPSA) is 12.9 Å². The summed E-state index contributed by atoms with van der Waals surface area (Å²) in [6.07, 6.45) is 1.40. The van der Waals surface area contributed by atoms with Gasteiger partial charge in [0.15, 0.2) is 0 Å². The lowest BCUT2D eigenvalue weighted by Gasteiger charge is -2.13. The van der Waals surface area contributed by atoms with Crippen LogP contribution >= 0.6 is 81.2 Å². The summed E-state index contributed by atoms with van der Waals surface area (Å²) >= 11 is 42.1. The predicted molar refractivity (Wildman–Crippen MR) is 84.7 cm³/mol. The van der Waals surface area contributed by atoms with E-state index in [1.165, 1.54) is 6.20 Å². The lowest BCUT2D eigenvalue weighted by Crippen LogP contribution is -1.89. The van der Waals surface area contributed by atoms with Crippen LogP contribution in [0.15, 0.2) is 12.3 Å². The third-order valence-electron chi connectivity index (χ3n) is 2.28. The van der Waals surface area contributed by atoms with Crippen LogP contribution in [0.3, 0.4) is 0 Å². The lowest BCUT2D eigenvalue weighted by atomic mass is 10.1.